The smallest absolute Gasteiger partial charge is 0.383 e. The predicted molar refractivity (Wildman–Crippen MR) is 103 cm³/mol. The molecule has 2 aromatic carbocycles. The van der Waals surface area contributed by atoms with Crippen LogP contribution >= 0.6 is 35.0 Å². The van der Waals surface area contributed by atoms with E-state index >= 15 is 0 Å². The van der Waals surface area contributed by atoms with Crippen molar-refractivity contribution in [2.75, 3.05) is 5.73 Å². The molecule has 0 saturated heterocycles. The molecule has 0 aliphatic rings. The number of benzene rings is 2. The average molecular weight is 497 g/mol. The van der Waals surface area contributed by atoms with E-state index in [2.05, 4.69) is 5.10 Å². The van der Waals surface area contributed by atoms with Crippen LogP contribution in [0.15, 0.2) is 46.2 Å². The van der Waals surface area contributed by atoms with Crippen LogP contribution < -0.4 is 5.73 Å². The number of halogens is 8. The summed E-state index contributed by atoms with van der Waals surface area (Å²) >= 11 is 12.8. The molecule has 4 nitrogen and oxygen atoms in total. The van der Waals surface area contributed by atoms with Gasteiger partial charge in [0.1, 0.15) is 17.6 Å². The first-order chi connectivity index (χ1) is 14.3. The van der Waals surface area contributed by atoms with Crippen LogP contribution in [-0.4, -0.2) is 9.78 Å². The number of nitriles is 1. The van der Waals surface area contributed by atoms with E-state index in [0.29, 0.717) is 17.0 Å². The summed E-state index contributed by atoms with van der Waals surface area (Å²) < 4.78 is 77.9. The van der Waals surface area contributed by atoms with Gasteiger partial charge in [-0.05, 0) is 36.4 Å². The quantitative estimate of drug-likeness (QED) is 0.404. The zero-order valence-electron chi connectivity index (χ0n) is 14.8. The predicted octanol–water partition coefficient (Wildman–Crippen LogP) is 6.82. The van der Waals surface area contributed by atoms with Gasteiger partial charge in [0, 0.05) is 4.90 Å². The van der Waals surface area contributed by atoms with Gasteiger partial charge in [-0.1, -0.05) is 35.0 Å². The Bertz CT molecular complexity index is 1160. The Labute approximate surface area is 185 Å². The van der Waals surface area contributed by atoms with E-state index in [0.717, 1.165) is 28.6 Å². The van der Waals surface area contributed by atoms with Gasteiger partial charge in [0.25, 0.3) is 0 Å². The minimum Gasteiger partial charge on any atom is -0.383 e. The van der Waals surface area contributed by atoms with E-state index in [1.807, 2.05) is 0 Å². The molecular weight excluding hydrogens is 489 g/mol. The third-order valence-corrected chi connectivity index (χ3v) is 5.63. The molecule has 162 valence electrons. The van der Waals surface area contributed by atoms with Gasteiger partial charge in [-0.2, -0.15) is 36.7 Å². The molecule has 3 aromatic rings. The lowest BCUT2D eigenvalue weighted by Gasteiger charge is -2.13. The minimum absolute atomic E-state index is 0.0780. The number of hydrogen-bond donors (Lipinski definition) is 1. The van der Waals surface area contributed by atoms with Crippen molar-refractivity contribution in [2.24, 2.45) is 0 Å². The Balaban J connectivity index is 2.05. The van der Waals surface area contributed by atoms with Crippen LogP contribution in [0, 0.1) is 11.3 Å². The molecule has 1 heterocycles. The normalized spacial score (nSPS) is 12.1. The van der Waals surface area contributed by atoms with E-state index in [9.17, 15) is 31.6 Å². The molecule has 1 aromatic heterocycles. The monoisotopic (exact) mass is 496 g/mol. The van der Waals surface area contributed by atoms with Crippen LogP contribution in [-0.2, 0) is 12.4 Å². The van der Waals surface area contributed by atoms with E-state index in [1.165, 1.54) is 12.1 Å². The first-order valence-electron chi connectivity index (χ1n) is 8.03. The lowest BCUT2D eigenvalue weighted by Crippen LogP contribution is -2.08. The lowest BCUT2D eigenvalue weighted by molar-refractivity contribution is -0.138. The molecular formula is C18H8Cl2F6N4S. The first kappa shape index (κ1) is 23.1. The van der Waals surface area contributed by atoms with Crippen molar-refractivity contribution in [3.8, 4) is 11.8 Å². The number of rotatable bonds is 3. The van der Waals surface area contributed by atoms with E-state index in [1.54, 1.807) is 6.07 Å². The number of alkyl halides is 6. The van der Waals surface area contributed by atoms with E-state index < -0.39 is 33.5 Å². The molecule has 0 unspecified atom stereocenters. The fourth-order valence-electron chi connectivity index (χ4n) is 2.52. The van der Waals surface area contributed by atoms with Crippen molar-refractivity contribution in [3.05, 3.63) is 63.3 Å². The molecule has 0 radical (unpaired) electrons. The van der Waals surface area contributed by atoms with Crippen molar-refractivity contribution in [2.45, 2.75) is 22.1 Å². The highest BCUT2D eigenvalue weighted by atomic mass is 35.5. The maximum Gasteiger partial charge on any atom is 0.416 e. The minimum atomic E-state index is -4.69. The van der Waals surface area contributed by atoms with Gasteiger partial charge in [-0.3, -0.25) is 0 Å². The summed E-state index contributed by atoms with van der Waals surface area (Å²) in [6, 6.07) is 7.14. The van der Waals surface area contributed by atoms with Crippen LogP contribution in [0.4, 0.5) is 32.2 Å². The standard InChI is InChI=1S/C18H8Cl2F6N4S/c19-11-5-9(18(24,25)26)6-12(20)14(11)30-16(28)15(13(7-27)29-30)31-10-3-1-8(2-4-10)17(21,22)23/h1-6H,28H2. The average Bonchev–Trinajstić information content (AvgIpc) is 2.96. The van der Waals surface area contributed by atoms with Gasteiger partial charge < -0.3 is 5.73 Å². The molecule has 13 heteroatoms. The second-order valence-electron chi connectivity index (χ2n) is 6.00. The maximum absolute atomic E-state index is 12.9. The third-order valence-electron chi connectivity index (χ3n) is 3.94. The van der Waals surface area contributed by atoms with Gasteiger partial charge in [0.2, 0.25) is 0 Å². The van der Waals surface area contributed by atoms with Crippen LogP contribution in [0.25, 0.3) is 5.69 Å². The van der Waals surface area contributed by atoms with Crippen LogP contribution in [0.2, 0.25) is 10.0 Å². The molecule has 0 atom stereocenters. The molecule has 0 saturated carbocycles. The number of hydrogen-bond acceptors (Lipinski definition) is 4. The topological polar surface area (TPSA) is 67.6 Å². The molecule has 31 heavy (non-hydrogen) atoms. The summed E-state index contributed by atoms with van der Waals surface area (Å²) in [7, 11) is 0. The van der Waals surface area contributed by atoms with Crippen molar-refractivity contribution >= 4 is 40.8 Å². The fourth-order valence-corrected chi connectivity index (χ4v) is 4.05. The van der Waals surface area contributed by atoms with Crippen molar-refractivity contribution in [1.29, 1.82) is 5.26 Å². The molecule has 3 rings (SSSR count). The Morgan fingerprint density at radius 1 is 0.935 bits per heavy atom. The Kier molecular flexibility index (Phi) is 6.10. The Hall–Kier alpha value is -2.55. The molecule has 2 N–H and O–H groups in total. The maximum atomic E-state index is 12.9. The summed E-state index contributed by atoms with van der Waals surface area (Å²) in [5.74, 6) is -0.176. The van der Waals surface area contributed by atoms with Gasteiger partial charge in [-0.25, -0.2) is 4.68 Å². The lowest BCUT2D eigenvalue weighted by atomic mass is 10.2. The van der Waals surface area contributed by atoms with E-state index in [-0.39, 0.29) is 22.1 Å². The third kappa shape index (κ3) is 4.71. The zero-order chi connectivity index (χ0) is 23.1. The molecule has 0 spiro atoms. The van der Waals surface area contributed by atoms with Gasteiger partial charge >= 0.3 is 12.4 Å². The zero-order valence-corrected chi connectivity index (χ0v) is 17.1. The largest absolute Gasteiger partial charge is 0.416 e. The molecule has 0 bridgehead atoms. The second kappa shape index (κ2) is 8.18. The van der Waals surface area contributed by atoms with Crippen LogP contribution in [0.1, 0.15) is 16.8 Å². The first-order valence-corrected chi connectivity index (χ1v) is 9.60. The summed E-state index contributed by atoms with van der Waals surface area (Å²) in [4.78, 5) is 0.398. The number of anilines is 1. The Morgan fingerprint density at radius 3 is 1.90 bits per heavy atom. The summed E-state index contributed by atoms with van der Waals surface area (Å²) in [6.07, 6.45) is -9.20. The summed E-state index contributed by atoms with van der Waals surface area (Å²) in [5, 5.41) is 12.5. The number of aromatic nitrogens is 2. The molecule has 0 aliphatic heterocycles. The Morgan fingerprint density at radius 2 is 1.45 bits per heavy atom. The molecule has 0 fully saturated rings. The van der Waals surface area contributed by atoms with Gasteiger partial charge in [-0.15, -0.1) is 0 Å². The van der Waals surface area contributed by atoms with Crippen LogP contribution in [0.5, 0.6) is 0 Å². The molecule has 0 amide bonds. The number of nitrogen functional groups attached to an aromatic ring is 1. The SMILES string of the molecule is N#Cc1nn(-c2c(Cl)cc(C(F)(F)F)cc2Cl)c(N)c1Sc1ccc(C(F)(F)F)cc1. The number of nitrogens with two attached hydrogens (primary N) is 1. The highest BCUT2D eigenvalue weighted by molar-refractivity contribution is 7.99. The summed E-state index contributed by atoms with van der Waals surface area (Å²) in [5.41, 5.74) is 3.70. The highest BCUT2D eigenvalue weighted by Crippen LogP contribution is 2.41. The fraction of sp³-hybridized carbons (Fsp3) is 0.111. The van der Waals surface area contributed by atoms with Crippen molar-refractivity contribution in [1.82, 2.24) is 9.78 Å². The summed E-state index contributed by atoms with van der Waals surface area (Å²) in [6.45, 7) is 0. The van der Waals surface area contributed by atoms with Crippen molar-refractivity contribution in [3.63, 3.8) is 0 Å². The van der Waals surface area contributed by atoms with Gasteiger partial charge in [0.05, 0.1) is 26.1 Å². The molecule has 0 aliphatic carbocycles. The van der Waals surface area contributed by atoms with E-state index in [4.69, 9.17) is 28.9 Å². The van der Waals surface area contributed by atoms with Gasteiger partial charge in [0.15, 0.2) is 5.69 Å². The second-order valence-corrected chi connectivity index (χ2v) is 7.90. The highest BCUT2D eigenvalue weighted by Gasteiger charge is 2.33. The number of nitrogens with zero attached hydrogens (tertiary/aromatic N) is 3. The van der Waals surface area contributed by atoms with Crippen molar-refractivity contribution < 1.29 is 26.3 Å². The van der Waals surface area contributed by atoms with Crippen LogP contribution in [0.3, 0.4) is 0 Å².